The van der Waals surface area contributed by atoms with Crippen molar-refractivity contribution in [2.45, 2.75) is 13.3 Å². The van der Waals surface area contributed by atoms with Crippen molar-refractivity contribution in [2.24, 2.45) is 0 Å². The Bertz CT molecular complexity index is 822. The maximum Gasteiger partial charge on any atom is 0.230 e. The summed E-state index contributed by atoms with van der Waals surface area (Å²) in [6, 6.07) is 9.45. The first kappa shape index (κ1) is 15.1. The van der Waals surface area contributed by atoms with Crippen LogP contribution in [0.5, 0.6) is 0 Å². The van der Waals surface area contributed by atoms with E-state index in [4.69, 9.17) is 0 Å². The van der Waals surface area contributed by atoms with Gasteiger partial charge in [0.25, 0.3) is 0 Å². The van der Waals surface area contributed by atoms with Crippen molar-refractivity contribution >= 4 is 28.2 Å². The predicted octanol–water partition coefficient (Wildman–Crippen LogP) is 2.71. The van der Waals surface area contributed by atoms with Crippen molar-refractivity contribution in [1.82, 2.24) is 14.8 Å². The first-order valence-electron chi connectivity index (χ1n) is 6.97. The minimum absolute atomic E-state index is 0.0581. The van der Waals surface area contributed by atoms with Gasteiger partial charge in [-0.2, -0.15) is 5.10 Å². The number of carbonyl (C=O) groups is 2. The van der Waals surface area contributed by atoms with Gasteiger partial charge in [-0.3, -0.25) is 9.59 Å². The number of nitrogens with one attached hydrogen (secondary N) is 1. The van der Waals surface area contributed by atoms with E-state index in [9.17, 15) is 9.59 Å². The van der Waals surface area contributed by atoms with E-state index in [0.29, 0.717) is 10.0 Å². The van der Waals surface area contributed by atoms with Crippen LogP contribution in [-0.4, -0.2) is 26.5 Å². The Morgan fingerprint density at radius 1 is 1.26 bits per heavy atom. The molecular weight excluding hydrogens is 312 g/mol. The van der Waals surface area contributed by atoms with Crippen LogP contribution in [0.3, 0.4) is 0 Å². The molecule has 2 heterocycles. The van der Waals surface area contributed by atoms with E-state index >= 15 is 0 Å². The van der Waals surface area contributed by atoms with Gasteiger partial charge in [-0.1, -0.05) is 23.5 Å². The maximum absolute atomic E-state index is 12.0. The van der Waals surface area contributed by atoms with Gasteiger partial charge in [0.2, 0.25) is 5.91 Å². The lowest BCUT2D eigenvalue weighted by molar-refractivity contribution is -0.115. The van der Waals surface area contributed by atoms with Crippen LogP contribution in [0, 0.1) is 0 Å². The van der Waals surface area contributed by atoms with Gasteiger partial charge in [-0.25, -0.2) is 9.67 Å². The zero-order chi connectivity index (χ0) is 16.2. The number of hydrogen-bond acceptors (Lipinski definition) is 5. The lowest BCUT2D eigenvalue weighted by Gasteiger charge is -2.04. The number of amides is 1. The highest BCUT2D eigenvalue weighted by Gasteiger charge is 2.10. The largest absolute Gasteiger partial charge is 0.302 e. The van der Waals surface area contributed by atoms with E-state index in [0.717, 1.165) is 11.3 Å². The third-order valence-electron chi connectivity index (χ3n) is 3.17. The zero-order valence-corrected chi connectivity index (χ0v) is 13.2. The molecule has 0 aliphatic heterocycles. The Hall–Kier alpha value is -2.80. The van der Waals surface area contributed by atoms with Gasteiger partial charge in [0, 0.05) is 19.3 Å². The molecule has 3 rings (SSSR count). The maximum atomic E-state index is 12.0. The number of anilines is 1. The molecule has 0 saturated carbocycles. The molecule has 0 aliphatic rings. The average Bonchev–Trinajstić information content (AvgIpc) is 3.19. The molecule has 3 aromatic rings. The topological polar surface area (TPSA) is 76.9 Å². The molecule has 0 radical (unpaired) electrons. The summed E-state index contributed by atoms with van der Waals surface area (Å²) in [7, 11) is 0. The smallest absolute Gasteiger partial charge is 0.230 e. The molecule has 0 spiro atoms. The van der Waals surface area contributed by atoms with Crippen LogP contribution in [0.15, 0.2) is 48.9 Å². The molecule has 1 aromatic carbocycles. The zero-order valence-electron chi connectivity index (χ0n) is 12.4. The van der Waals surface area contributed by atoms with E-state index < -0.39 is 0 Å². The quantitative estimate of drug-likeness (QED) is 0.731. The number of carbonyl (C=O) groups excluding carboxylic acids is 2. The molecule has 0 unspecified atom stereocenters. The minimum atomic E-state index is -0.165. The van der Waals surface area contributed by atoms with E-state index in [-0.39, 0.29) is 18.1 Å². The monoisotopic (exact) mass is 326 g/mol. The summed E-state index contributed by atoms with van der Waals surface area (Å²) < 4.78 is 1.75. The first-order chi connectivity index (χ1) is 11.1. The fourth-order valence-electron chi connectivity index (χ4n) is 2.03. The van der Waals surface area contributed by atoms with Gasteiger partial charge in [0.05, 0.1) is 23.2 Å². The third-order valence-corrected chi connectivity index (χ3v) is 4.18. The standard InChI is InChI=1S/C16H14N4O2S/c1-11(21)14-10-17-16(23-14)19-15(22)9-12-3-5-13(6-4-12)20-8-2-7-18-20/h2-8,10H,9H2,1H3,(H,17,19,22). The number of aromatic nitrogens is 3. The van der Waals surface area contributed by atoms with Crippen molar-refractivity contribution in [1.29, 1.82) is 0 Å². The Morgan fingerprint density at radius 3 is 2.65 bits per heavy atom. The summed E-state index contributed by atoms with van der Waals surface area (Å²) in [5.74, 6) is -0.224. The molecule has 0 fully saturated rings. The second-order valence-electron chi connectivity index (χ2n) is 4.93. The lowest BCUT2D eigenvalue weighted by Crippen LogP contribution is -2.14. The molecule has 1 N–H and O–H groups in total. The summed E-state index contributed by atoms with van der Waals surface area (Å²) in [5.41, 5.74) is 1.83. The molecule has 0 aliphatic carbocycles. The molecule has 0 bridgehead atoms. The molecule has 7 heteroatoms. The molecule has 6 nitrogen and oxygen atoms in total. The van der Waals surface area contributed by atoms with Gasteiger partial charge in [0.15, 0.2) is 10.9 Å². The minimum Gasteiger partial charge on any atom is -0.302 e. The number of thiazole rings is 1. The molecule has 116 valence electrons. The number of ketones is 1. The Balaban J connectivity index is 1.62. The number of hydrogen-bond donors (Lipinski definition) is 1. The van der Waals surface area contributed by atoms with Crippen LogP contribution in [0.4, 0.5) is 5.13 Å². The number of rotatable bonds is 5. The molecule has 0 saturated heterocycles. The number of Topliss-reactive ketones (excluding diaryl/α,β-unsaturated/α-hetero) is 1. The fourth-order valence-corrected chi connectivity index (χ4v) is 2.76. The van der Waals surface area contributed by atoms with Crippen LogP contribution in [-0.2, 0) is 11.2 Å². The molecular formula is C16H14N4O2S. The Labute approximate surface area is 136 Å². The normalized spacial score (nSPS) is 10.5. The van der Waals surface area contributed by atoms with Crippen LogP contribution in [0.1, 0.15) is 22.2 Å². The van der Waals surface area contributed by atoms with Crippen molar-refractivity contribution < 1.29 is 9.59 Å². The lowest BCUT2D eigenvalue weighted by atomic mass is 10.1. The van der Waals surface area contributed by atoms with Crippen LogP contribution in [0.2, 0.25) is 0 Å². The highest BCUT2D eigenvalue weighted by Crippen LogP contribution is 2.18. The van der Waals surface area contributed by atoms with Crippen molar-refractivity contribution in [2.75, 3.05) is 5.32 Å². The van der Waals surface area contributed by atoms with Crippen molar-refractivity contribution in [3.05, 3.63) is 59.4 Å². The Morgan fingerprint density at radius 2 is 2.04 bits per heavy atom. The fraction of sp³-hybridized carbons (Fsp3) is 0.125. The van der Waals surface area contributed by atoms with Crippen molar-refractivity contribution in [3.63, 3.8) is 0 Å². The van der Waals surface area contributed by atoms with Gasteiger partial charge < -0.3 is 5.32 Å². The van der Waals surface area contributed by atoms with E-state index in [1.54, 1.807) is 10.9 Å². The highest BCUT2D eigenvalue weighted by atomic mass is 32.1. The van der Waals surface area contributed by atoms with Gasteiger partial charge >= 0.3 is 0 Å². The van der Waals surface area contributed by atoms with Crippen LogP contribution in [0.25, 0.3) is 5.69 Å². The second-order valence-corrected chi connectivity index (χ2v) is 5.96. The molecule has 23 heavy (non-hydrogen) atoms. The van der Waals surface area contributed by atoms with Gasteiger partial charge in [-0.15, -0.1) is 0 Å². The van der Waals surface area contributed by atoms with E-state index in [1.165, 1.54) is 24.5 Å². The summed E-state index contributed by atoms with van der Waals surface area (Å²) >= 11 is 1.18. The first-order valence-corrected chi connectivity index (χ1v) is 7.79. The molecule has 2 aromatic heterocycles. The van der Waals surface area contributed by atoms with Gasteiger partial charge in [0.1, 0.15) is 0 Å². The van der Waals surface area contributed by atoms with E-state index in [2.05, 4.69) is 15.4 Å². The summed E-state index contributed by atoms with van der Waals surface area (Å²) in [5, 5.41) is 7.30. The third kappa shape index (κ3) is 3.70. The highest BCUT2D eigenvalue weighted by molar-refractivity contribution is 7.17. The second kappa shape index (κ2) is 6.53. The summed E-state index contributed by atoms with van der Waals surface area (Å²) in [6.07, 6.45) is 5.29. The number of benzene rings is 1. The summed E-state index contributed by atoms with van der Waals surface area (Å²) in [4.78, 5) is 27.8. The summed E-state index contributed by atoms with van der Waals surface area (Å²) in [6.45, 7) is 1.47. The van der Waals surface area contributed by atoms with Gasteiger partial charge in [-0.05, 0) is 23.8 Å². The number of nitrogens with zero attached hydrogens (tertiary/aromatic N) is 3. The van der Waals surface area contributed by atoms with Crippen LogP contribution < -0.4 is 5.32 Å². The Kier molecular flexibility index (Phi) is 4.29. The molecule has 1 amide bonds. The molecule has 0 atom stereocenters. The average molecular weight is 326 g/mol. The van der Waals surface area contributed by atoms with Crippen LogP contribution >= 0.6 is 11.3 Å². The SMILES string of the molecule is CC(=O)c1cnc(NC(=O)Cc2ccc(-n3cccn3)cc2)s1. The van der Waals surface area contributed by atoms with Crippen molar-refractivity contribution in [3.8, 4) is 5.69 Å². The predicted molar refractivity (Wildman–Crippen MR) is 88.0 cm³/mol. The van der Waals surface area contributed by atoms with E-state index in [1.807, 2.05) is 36.5 Å².